The number of likely N-dealkylation sites (N-methyl/N-ethyl adjacent to an activating group) is 1. The van der Waals surface area contributed by atoms with Gasteiger partial charge >= 0.3 is 0 Å². The predicted octanol–water partition coefficient (Wildman–Crippen LogP) is 3.31. The van der Waals surface area contributed by atoms with Crippen LogP contribution in [0.1, 0.15) is 13.8 Å². The van der Waals surface area contributed by atoms with Gasteiger partial charge in [-0.15, -0.1) is 0 Å². The van der Waals surface area contributed by atoms with Crippen molar-refractivity contribution >= 4 is 16.9 Å². The lowest BCUT2D eigenvalue weighted by Crippen LogP contribution is -2.29. The molecule has 0 spiro atoms. The van der Waals surface area contributed by atoms with E-state index in [9.17, 15) is 4.39 Å². The minimum atomic E-state index is -0.235. The molecule has 0 radical (unpaired) electrons. The summed E-state index contributed by atoms with van der Waals surface area (Å²) in [7, 11) is 0. The lowest BCUT2D eigenvalue weighted by atomic mass is 10.2. The molecule has 0 unspecified atom stereocenters. The van der Waals surface area contributed by atoms with Crippen molar-refractivity contribution in [1.29, 1.82) is 0 Å². The van der Waals surface area contributed by atoms with Crippen molar-refractivity contribution in [2.24, 2.45) is 0 Å². The molecular formula is C18H22FN5. The van der Waals surface area contributed by atoms with Crippen LogP contribution in [0.3, 0.4) is 0 Å². The third-order valence-corrected chi connectivity index (χ3v) is 4.15. The Morgan fingerprint density at radius 3 is 2.79 bits per heavy atom. The summed E-state index contributed by atoms with van der Waals surface area (Å²) in [5.41, 5.74) is 0.921. The van der Waals surface area contributed by atoms with Crippen molar-refractivity contribution in [1.82, 2.24) is 19.4 Å². The van der Waals surface area contributed by atoms with Crippen LogP contribution in [-0.2, 0) is 0 Å². The second kappa shape index (κ2) is 7.40. The van der Waals surface area contributed by atoms with Crippen molar-refractivity contribution in [3.63, 3.8) is 0 Å². The quantitative estimate of drug-likeness (QED) is 0.723. The van der Waals surface area contributed by atoms with Crippen LogP contribution in [0.15, 0.2) is 42.7 Å². The fourth-order valence-electron chi connectivity index (χ4n) is 2.75. The van der Waals surface area contributed by atoms with Crippen LogP contribution >= 0.6 is 0 Å². The van der Waals surface area contributed by atoms with E-state index in [1.54, 1.807) is 12.3 Å². The molecule has 1 aromatic carbocycles. The topological polar surface area (TPSA) is 46.0 Å². The first-order valence-corrected chi connectivity index (χ1v) is 8.27. The fourth-order valence-corrected chi connectivity index (χ4v) is 2.75. The molecule has 5 nitrogen and oxygen atoms in total. The van der Waals surface area contributed by atoms with Gasteiger partial charge < -0.3 is 14.8 Å². The van der Waals surface area contributed by atoms with Gasteiger partial charge in [0.1, 0.15) is 11.6 Å². The van der Waals surface area contributed by atoms with Crippen molar-refractivity contribution < 1.29 is 4.39 Å². The molecule has 2 aromatic heterocycles. The molecule has 0 amide bonds. The summed E-state index contributed by atoms with van der Waals surface area (Å²) in [4.78, 5) is 11.2. The van der Waals surface area contributed by atoms with Crippen LogP contribution < -0.4 is 5.32 Å². The zero-order chi connectivity index (χ0) is 16.9. The predicted molar refractivity (Wildman–Crippen MR) is 95.1 cm³/mol. The first-order valence-electron chi connectivity index (χ1n) is 8.27. The molecule has 6 heteroatoms. The SMILES string of the molecule is CCN(CC)CCNc1nccc(-n2ccc3cc(F)ccc32)n1. The van der Waals surface area contributed by atoms with Crippen LogP contribution in [-0.4, -0.2) is 45.6 Å². The van der Waals surface area contributed by atoms with Gasteiger partial charge in [-0.3, -0.25) is 0 Å². The lowest BCUT2D eigenvalue weighted by molar-refractivity contribution is 0.316. The van der Waals surface area contributed by atoms with Crippen LogP contribution in [0.25, 0.3) is 16.7 Å². The van der Waals surface area contributed by atoms with Gasteiger partial charge in [0.25, 0.3) is 0 Å². The number of hydrogen-bond acceptors (Lipinski definition) is 4. The molecule has 2 heterocycles. The van der Waals surface area contributed by atoms with E-state index in [1.165, 1.54) is 12.1 Å². The van der Waals surface area contributed by atoms with E-state index < -0.39 is 0 Å². The average molecular weight is 327 g/mol. The highest BCUT2D eigenvalue weighted by Crippen LogP contribution is 2.20. The maximum absolute atomic E-state index is 13.3. The number of nitrogens with zero attached hydrogens (tertiary/aromatic N) is 4. The summed E-state index contributed by atoms with van der Waals surface area (Å²) in [6.45, 7) is 8.12. The maximum atomic E-state index is 13.3. The van der Waals surface area contributed by atoms with E-state index >= 15 is 0 Å². The Bertz CT molecular complexity index is 810. The van der Waals surface area contributed by atoms with E-state index in [-0.39, 0.29) is 5.82 Å². The fraction of sp³-hybridized carbons (Fsp3) is 0.333. The van der Waals surface area contributed by atoms with Gasteiger partial charge in [-0.1, -0.05) is 13.8 Å². The Labute approximate surface area is 141 Å². The third kappa shape index (κ3) is 3.54. The van der Waals surface area contributed by atoms with Gasteiger partial charge in [-0.2, -0.15) is 4.98 Å². The first kappa shape index (κ1) is 16.4. The molecule has 1 N–H and O–H groups in total. The lowest BCUT2D eigenvalue weighted by Gasteiger charge is -2.18. The highest BCUT2D eigenvalue weighted by atomic mass is 19.1. The zero-order valence-electron chi connectivity index (χ0n) is 14.0. The molecule has 0 atom stereocenters. The zero-order valence-corrected chi connectivity index (χ0v) is 14.0. The normalized spacial score (nSPS) is 11.3. The molecule has 0 aliphatic heterocycles. The van der Waals surface area contributed by atoms with E-state index in [1.807, 2.05) is 22.9 Å². The number of nitrogens with one attached hydrogen (secondary N) is 1. The van der Waals surface area contributed by atoms with E-state index in [0.717, 1.165) is 42.9 Å². The average Bonchev–Trinajstić information content (AvgIpc) is 3.02. The van der Waals surface area contributed by atoms with Crippen molar-refractivity contribution in [3.05, 3.63) is 48.5 Å². The second-order valence-corrected chi connectivity index (χ2v) is 5.58. The summed E-state index contributed by atoms with van der Waals surface area (Å²) in [5.74, 6) is 1.13. The number of aromatic nitrogens is 3. The van der Waals surface area contributed by atoms with E-state index in [2.05, 4.69) is 34.0 Å². The van der Waals surface area contributed by atoms with Crippen molar-refractivity contribution in [3.8, 4) is 5.82 Å². The second-order valence-electron chi connectivity index (χ2n) is 5.58. The first-order chi connectivity index (χ1) is 11.7. The van der Waals surface area contributed by atoms with E-state index in [0.29, 0.717) is 5.95 Å². The van der Waals surface area contributed by atoms with Gasteiger partial charge in [0.15, 0.2) is 0 Å². The minimum Gasteiger partial charge on any atom is -0.353 e. The van der Waals surface area contributed by atoms with Gasteiger partial charge in [-0.25, -0.2) is 9.37 Å². The summed E-state index contributed by atoms with van der Waals surface area (Å²) < 4.78 is 15.3. The molecule has 24 heavy (non-hydrogen) atoms. The smallest absolute Gasteiger partial charge is 0.224 e. The number of rotatable bonds is 7. The molecule has 0 aliphatic rings. The molecule has 3 rings (SSSR count). The van der Waals surface area contributed by atoms with E-state index in [4.69, 9.17) is 0 Å². The van der Waals surface area contributed by atoms with Crippen LogP contribution in [0, 0.1) is 5.82 Å². The summed E-state index contributed by atoms with van der Waals surface area (Å²) >= 11 is 0. The summed E-state index contributed by atoms with van der Waals surface area (Å²) in [6.07, 6.45) is 3.63. The van der Waals surface area contributed by atoms with Crippen LogP contribution in [0.5, 0.6) is 0 Å². The van der Waals surface area contributed by atoms with Gasteiger partial charge in [0.2, 0.25) is 5.95 Å². The highest BCUT2D eigenvalue weighted by molar-refractivity contribution is 5.81. The van der Waals surface area contributed by atoms with Gasteiger partial charge in [-0.05, 0) is 43.4 Å². The molecule has 0 aliphatic carbocycles. The summed E-state index contributed by atoms with van der Waals surface area (Å²) in [6, 6.07) is 8.48. The van der Waals surface area contributed by atoms with Crippen molar-refractivity contribution in [2.45, 2.75) is 13.8 Å². The van der Waals surface area contributed by atoms with Crippen LogP contribution in [0.4, 0.5) is 10.3 Å². The number of halogens is 1. The number of benzene rings is 1. The molecule has 0 saturated heterocycles. The minimum absolute atomic E-state index is 0.235. The summed E-state index contributed by atoms with van der Waals surface area (Å²) in [5, 5.41) is 4.12. The van der Waals surface area contributed by atoms with Crippen LogP contribution in [0.2, 0.25) is 0 Å². The highest BCUT2D eigenvalue weighted by Gasteiger charge is 2.07. The molecule has 0 bridgehead atoms. The molecule has 0 saturated carbocycles. The number of hydrogen-bond donors (Lipinski definition) is 1. The van der Waals surface area contributed by atoms with Gasteiger partial charge in [0, 0.05) is 30.9 Å². The molecule has 126 valence electrons. The molecule has 0 fully saturated rings. The third-order valence-electron chi connectivity index (χ3n) is 4.15. The van der Waals surface area contributed by atoms with Gasteiger partial charge in [0.05, 0.1) is 5.52 Å². The molecule has 3 aromatic rings. The maximum Gasteiger partial charge on any atom is 0.224 e. The Hall–Kier alpha value is -2.47. The Balaban J connectivity index is 1.77. The standard InChI is InChI=1S/C18H22FN5/c1-3-23(4-2)12-10-21-18-20-9-7-17(22-18)24-11-8-14-13-15(19)5-6-16(14)24/h5-9,11,13H,3-4,10,12H2,1-2H3,(H,20,21,22). The number of anilines is 1. The number of fused-ring (bicyclic) bond motifs is 1. The Morgan fingerprint density at radius 2 is 2.00 bits per heavy atom. The molecular weight excluding hydrogens is 305 g/mol. The Morgan fingerprint density at radius 1 is 1.17 bits per heavy atom. The monoisotopic (exact) mass is 327 g/mol. The Kier molecular flexibility index (Phi) is 5.05. The van der Waals surface area contributed by atoms with Crippen molar-refractivity contribution in [2.75, 3.05) is 31.5 Å². The largest absolute Gasteiger partial charge is 0.353 e.